The molecule has 2 heterocycles. The lowest BCUT2D eigenvalue weighted by Gasteiger charge is -2.03. The van der Waals surface area contributed by atoms with Crippen LogP contribution in [0.15, 0.2) is 54.2 Å². The zero-order valence-electron chi connectivity index (χ0n) is 12.6. The molecule has 0 aliphatic heterocycles. The maximum atomic E-state index is 12.4. The summed E-state index contributed by atoms with van der Waals surface area (Å²) in [7, 11) is 0. The summed E-state index contributed by atoms with van der Waals surface area (Å²) in [6.45, 7) is 0. The van der Waals surface area contributed by atoms with E-state index in [1.54, 1.807) is 12.4 Å². The fourth-order valence-electron chi connectivity index (χ4n) is 2.78. The standard InChI is InChI=1S/C18H14ClN3OS/c19-15-6-2-1-5-12(15)13-8-14(13)17(23)22-18-21-16(10-24-18)11-4-3-7-20-9-11/h1-7,9-10,13-14H,8H2,(H,21,22,23)/t13-,14-/m1/s1. The van der Waals surface area contributed by atoms with Crippen molar-refractivity contribution >= 4 is 34.0 Å². The first-order valence-corrected chi connectivity index (χ1v) is 8.89. The fraction of sp³-hybridized carbons (Fsp3) is 0.167. The number of hydrogen-bond acceptors (Lipinski definition) is 4. The van der Waals surface area contributed by atoms with Gasteiger partial charge in [-0.25, -0.2) is 4.98 Å². The van der Waals surface area contributed by atoms with Crippen molar-refractivity contribution < 1.29 is 4.79 Å². The van der Waals surface area contributed by atoms with Crippen LogP contribution in [0, 0.1) is 5.92 Å². The molecule has 0 saturated heterocycles. The van der Waals surface area contributed by atoms with Crippen LogP contribution in [0.2, 0.25) is 5.02 Å². The number of aromatic nitrogens is 2. The maximum Gasteiger partial charge on any atom is 0.229 e. The van der Waals surface area contributed by atoms with E-state index in [1.165, 1.54) is 11.3 Å². The van der Waals surface area contributed by atoms with E-state index < -0.39 is 0 Å². The van der Waals surface area contributed by atoms with E-state index in [1.807, 2.05) is 41.8 Å². The summed E-state index contributed by atoms with van der Waals surface area (Å²) in [5.41, 5.74) is 2.81. The molecule has 0 radical (unpaired) electrons. The van der Waals surface area contributed by atoms with Gasteiger partial charge in [-0.2, -0.15) is 0 Å². The van der Waals surface area contributed by atoms with E-state index in [0.29, 0.717) is 5.13 Å². The molecule has 1 aliphatic carbocycles. The molecule has 1 fully saturated rings. The molecule has 1 saturated carbocycles. The second-order valence-corrected chi connectivity index (χ2v) is 7.00. The average Bonchev–Trinajstić information content (AvgIpc) is 3.27. The summed E-state index contributed by atoms with van der Waals surface area (Å²) < 4.78 is 0. The van der Waals surface area contributed by atoms with Crippen molar-refractivity contribution in [2.75, 3.05) is 5.32 Å². The van der Waals surface area contributed by atoms with Gasteiger partial charge in [-0.3, -0.25) is 9.78 Å². The Morgan fingerprint density at radius 1 is 1.25 bits per heavy atom. The quantitative estimate of drug-likeness (QED) is 0.744. The Labute approximate surface area is 148 Å². The minimum Gasteiger partial charge on any atom is -0.302 e. The molecular weight excluding hydrogens is 342 g/mol. The molecule has 2 atom stereocenters. The van der Waals surface area contributed by atoms with Gasteiger partial charge in [0.15, 0.2) is 5.13 Å². The van der Waals surface area contributed by atoms with Crippen LogP contribution in [0.1, 0.15) is 17.9 Å². The zero-order chi connectivity index (χ0) is 16.5. The summed E-state index contributed by atoms with van der Waals surface area (Å²) in [6.07, 6.45) is 4.31. The summed E-state index contributed by atoms with van der Waals surface area (Å²) >= 11 is 7.63. The molecule has 6 heteroatoms. The Hall–Kier alpha value is -2.24. The van der Waals surface area contributed by atoms with Crippen LogP contribution in [0.4, 0.5) is 5.13 Å². The van der Waals surface area contributed by atoms with Gasteiger partial charge >= 0.3 is 0 Å². The molecule has 1 aromatic carbocycles. The van der Waals surface area contributed by atoms with Gasteiger partial charge in [-0.15, -0.1) is 11.3 Å². The van der Waals surface area contributed by atoms with Gasteiger partial charge in [0, 0.05) is 34.3 Å². The van der Waals surface area contributed by atoms with Gasteiger partial charge in [0.05, 0.1) is 5.69 Å². The number of nitrogens with one attached hydrogen (secondary N) is 1. The van der Waals surface area contributed by atoms with Gasteiger partial charge < -0.3 is 5.32 Å². The van der Waals surface area contributed by atoms with E-state index in [4.69, 9.17) is 11.6 Å². The molecule has 1 amide bonds. The van der Waals surface area contributed by atoms with E-state index in [9.17, 15) is 4.79 Å². The van der Waals surface area contributed by atoms with Crippen molar-refractivity contribution in [1.82, 2.24) is 9.97 Å². The molecule has 0 spiro atoms. The van der Waals surface area contributed by atoms with E-state index in [2.05, 4.69) is 15.3 Å². The normalized spacial score (nSPS) is 19.0. The highest BCUT2D eigenvalue weighted by Gasteiger charge is 2.45. The number of anilines is 1. The lowest BCUT2D eigenvalue weighted by Crippen LogP contribution is -2.14. The van der Waals surface area contributed by atoms with Crippen LogP contribution in [0.3, 0.4) is 0 Å². The van der Waals surface area contributed by atoms with Crippen LogP contribution >= 0.6 is 22.9 Å². The highest BCUT2D eigenvalue weighted by Crippen LogP contribution is 2.50. The molecule has 120 valence electrons. The number of carbonyl (C=O) groups excluding carboxylic acids is 1. The number of thiazole rings is 1. The molecule has 4 nitrogen and oxygen atoms in total. The molecule has 3 aromatic rings. The predicted octanol–water partition coefficient (Wildman–Crippen LogP) is 4.60. The third-order valence-corrected chi connectivity index (χ3v) is 5.23. The summed E-state index contributed by atoms with van der Waals surface area (Å²) in [5.74, 6) is 0.180. The summed E-state index contributed by atoms with van der Waals surface area (Å²) in [5, 5.41) is 6.18. The first-order valence-electron chi connectivity index (χ1n) is 7.63. The topological polar surface area (TPSA) is 54.9 Å². The Morgan fingerprint density at radius 2 is 2.12 bits per heavy atom. The molecular formula is C18H14ClN3OS. The lowest BCUT2D eigenvalue weighted by atomic mass is 10.1. The largest absolute Gasteiger partial charge is 0.302 e. The Kier molecular flexibility index (Phi) is 4.04. The number of benzene rings is 1. The first-order chi connectivity index (χ1) is 11.7. The second-order valence-electron chi connectivity index (χ2n) is 5.74. The Bertz CT molecular complexity index is 881. The number of carbonyl (C=O) groups is 1. The van der Waals surface area contributed by atoms with Crippen molar-refractivity contribution in [3.8, 4) is 11.3 Å². The van der Waals surface area contributed by atoms with Crippen molar-refractivity contribution in [3.05, 3.63) is 64.8 Å². The summed E-state index contributed by atoms with van der Waals surface area (Å²) in [4.78, 5) is 21.0. The number of rotatable bonds is 4. The molecule has 0 unspecified atom stereocenters. The smallest absolute Gasteiger partial charge is 0.229 e. The summed E-state index contributed by atoms with van der Waals surface area (Å²) in [6, 6.07) is 11.5. The van der Waals surface area contributed by atoms with Crippen molar-refractivity contribution in [1.29, 1.82) is 0 Å². The van der Waals surface area contributed by atoms with E-state index in [-0.39, 0.29) is 17.7 Å². The highest BCUT2D eigenvalue weighted by molar-refractivity contribution is 7.14. The van der Waals surface area contributed by atoms with Crippen molar-refractivity contribution in [2.45, 2.75) is 12.3 Å². The number of nitrogens with zero attached hydrogens (tertiary/aromatic N) is 2. The van der Waals surface area contributed by atoms with Gasteiger partial charge in [-0.1, -0.05) is 29.8 Å². The van der Waals surface area contributed by atoms with E-state index in [0.717, 1.165) is 28.3 Å². The monoisotopic (exact) mass is 355 g/mol. The highest BCUT2D eigenvalue weighted by atomic mass is 35.5. The lowest BCUT2D eigenvalue weighted by molar-refractivity contribution is -0.117. The Morgan fingerprint density at radius 3 is 2.92 bits per heavy atom. The van der Waals surface area contributed by atoms with Gasteiger partial charge in [-0.05, 0) is 36.1 Å². The second kappa shape index (κ2) is 6.34. The van der Waals surface area contributed by atoms with Crippen LogP contribution in [0.25, 0.3) is 11.3 Å². The molecule has 4 rings (SSSR count). The average molecular weight is 356 g/mol. The molecule has 1 N–H and O–H groups in total. The predicted molar refractivity (Wildman–Crippen MR) is 96.3 cm³/mol. The van der Waals surface area contributed by atoms with Gasteiger partial charge in [0.25, 0.3) is 0 Å². The SMILES string of the molecule is O=C(Nc1nc(-c2cccnc2)cs1)[C@@H]1C[C@@H]1c1ccccc1Cl. The number of amides is 1. The minimum absolute atomic E-state index is 0.00649. The number of halogens is 1. The van der Waals surface area contributed by atoms with Crippen LogP contribution in [-0.2, 0) is 4.79 Å². The maximum absolute atomic E-state index is 12.4. The van der Waals surface area contributed by atoms with E-state index >= 15 is 0 Å². The van der Waals surface area contributed by atoms with Crippen LogP contribution < -0.4 is 5.32 Å². The molecule has 24 heavy (non-hydrogen) atoms. The van der Waals surface area contributed by atoms with Crippen molar-refractivity contribution in [3.63, 3.8) is 0 Å². The molecule has 0 bridgehead atoms. The number of hydrogen-bond donors (Lipinski definition) is 1. The Balaban J connectivity index is 1.43. The van der Waals surface area contributed by atoms with Gasteiger partial charge in [0.1, 0.15) is 0 Å². The van der Waals surface area contributed by atoms with Crippen LogP contribution in [-0.4, -0.2) is 15.9 Å². The first kappa shape index (κ1) is 15.3. The third-order valence-electron chi connectivity index (χ3n) is 4.12. The molecule has 2 aromatic heterocycles. The van der Waals surface area contributed by atoms with Crippen molar-refractivity contribution in [2.24, 2.45) is 5.92 Å². The fourth-order valence-corrected chi connectivity index (χ4v) is 3.78. The number of pyridine rings is 1. The van der Waals surface area contributed by atoms with Crippen LogP contribution in [0.5, 0.6) is 0 Å². The third kappa shape index (κ3) is 3.05. The van der Waals surface area contributed by atoms with Gasteiger partial charge in [0.2, 0.25) is 5.91 Å². The molecule has 1 aliphatic rings. The zero-order valence-corrected chi connectivity index (χ0v) is 14.2. The minimum atomic E-state index is -0.0318.